The summed E-state index contributed by atoms with van der Waals surface area (Å²) in [5.41, 5.74) is -1.91. The largest absolute Gasteiger partial charge is 1.00 e. The second-order valence-corrected chi connectivity index (χ2v) is 10.2. The van der Waals surface area contributed by atoms with Gasteiger partial charge in [-0.1, -0.05) is 103 Å². The van der Waals surface area contributed by atoms with Crippen LogP contribution in [0.4, 0.5) is 0 Å². The Kier molecular flexibility index (Phi) is 19.6. The van der Waals surface area contributed by atoms with Crippen molar-refractivity contribution in [1.29, 1.82) is 0 Å². The van der Waals surface area contributed by atoms with E-state index in [9.17, 15) is 22.6 Å². The van der Waals surface area contributed by atoms with Crippen molar-refractivity contribution in [2.75, 3.05) is 6.61 Å². The average Bonchev–Trinajstić information content (AvgIpc) is 2.81. The van der Waals surface area contributed by atoms with Crippen molar-refractivity contribution in [2.45, 2.75) is 109 Å². The predicted molar refractivity (Wildman–Crippen MR) is 132 cm³/mol. The van der Waals surface area contributed by atoms with E-state index in [1.807, 2.05) is 0 Å². The molecule has 0 aliphatic heterocycles. The molecule has 0 saturated carbocycles. The minimum absolute atomic E-state index is 0. The monoisotopic (exact) mass is 520 g/mol. The standard InChI is InChI=1S/C26H42O7S.Na/c1-3-5-6-7-8-9-10-11-12-13-14-17-21-32-25(27)22-19-15-16-20-23(22)26(28)33-24(18-4-2)34(29,30)31;/h15-16,19-20,24H,3-14,17-18,21H2,1-2H3,(H,29,30,31);/q;+1/p-1. The van der Waals surface area contributed by atoms with Gasteiger partial charge in [0.15, 0.2) is 5.44 Å². The number of benzene rings is 1. The Bertz CT molecular complexity index is 827. The minimum atomic E-state index is -4.81. The molecule has 1 aromatic carbocycles. The van der Waals surface area contributed by atoms with E-state index in [1.54, 1.807) is 13.0 Å². The summed E-state index contributed by atoms with van der Waals surface area (Å²) >= 11 is 0. The van der Waals surface area contributed by atoms with Gasteiger partial charge in [-0.05, 0) is 25.0 Å². The maximum absolute atomic E-state index is 12.5. The number of carbonyl (C=O) groups excluding carboxylic acids is 2. The van der Waals surface area contributed by atoms with Crippen LogP contribution in [0.5, 0.6) is 0 Å². The quantitative estimate of drug-likeness (QED) is 0.119. The van der Waals surface area contributed by atoms with Crippen molar-refractivity contribution < 1.29 is 61.6 Å². The van der Waals surface area contributed by atoms with Gasteiger partial charge in [0.1, 0.15) is 10.1 Å². The molecule has 0 amide bonds. The third-order valence-electron chi connectivity index (χ3n) is 5.68. The third kappa shape index (κ3) is 15.0. The van der Waals surface area contributed by atoms with E-state index in [0.29, 0.717) is 6.42 Å². The number of hydrogen-bond acceptors (Lipinski definition) is 7. The fourth-order valence-electron chi connectivity index (χ4n) is 3.71. The fourth-order valence-corrected chi connectivity index (χ4v) is 4.44. The average molecular weight is 521 g/mol. The maximum Gasteiger partial charge on any atom is 1.00 e. The molecule has 0 bridgehead atoms. The molecule has 194 valence electrons. The van der Waals surface area contributed by atoms with Crippen LogP contribution >= 0.6 is 0 Å². The first-order valence-corrected chi connectivity index (χ1v) is 14.2. The summed E-state index contributed by atoms with van der Waals surface area (Å²) in [5.74, 6) is -1.71. The van der Waals surface area contributed by atoms with E-state index in [1.165, 1.54) is 76.0 Å². The molecule has 35 heavy (non-hydrogen) atoms. The van der Waals surface area contributed by atoms with Crippen LogP contribution in [-0.2, 0) is 19.6 Å². The number of rotatable bonds is 19. The van der Waals surface area contributed by atoms with Gasteiger partial charge in [0.25, 0.3) is 0 Å². The minimum Gasteiger partial charge on any atom is -0.745 e. The maximum atomic E-state index is 12.5. The third-order valence-corrected chi connectivity index (χ3v) is 6.66. The Morgan fingerprint density at radius 3 is 1.69 bits per heavy atom. The molecule has 1 unspecified atom stereocenters. The second-order valence-electron chi connectivity index (χ2n) is 8.69. The molecule has 0 spiro atoms. The molecule has 0 saturated heterocycles. The van der Waals surface area contributed by atoms with Crippen LogP contribution in [-0.4, -0.2) is 37.0 Å². The Balaban J connectivity index is 0.0000116. The van der Waals surface area contributed by atoms with E-state index in [-0.39, 0.29) is 53.7 Å². The van der Waals surface area contributed by atoms with Crippen molar-refractivity contribution in [3.8, 4) is 0 Å². The van der Waals surface area contributed by atoms with Gasteiger partial charge in [-0.2, -0.15) is 0 Å². The zero-order chi connectivity index (χ0) is 25.2. The summed E-state index contributed by atoms with van der Waals surface area (Å²) < 4.78 is 44.2. The van der Waals surface area contributed by atoms with Crippen molar-refractivity contribution in [3.63, 3.8) is 0 Å². The molecule has 0 N–H and O–H groups in total. The van der Waals surface area contributed by atoms with Gasteiger partial charge in [-0.3, -0.25) is 0 Å². The molecule has 1 rings (SSSR count). The van der Waals surface area contributed by atoms with Crippen molar-refractivity contribution in [1.82, 2.24) is 0 Å². The van der Waals surface area contributed by atoms with Gasteiger partial charge in [0.2, 0.25) is 0 Å². The summed E-state index contributed by atoms with van der Waals surface area (Å²) in [5, 5.41) is 0. The van der Waals surface area contributed by atoms with Gasteiger partial charge in [-0.15, -0.1) is 0 Å². The van der Waals surface area contributed by atoms with Crippen LogP contribution < -0.4 is 29.6 Å². The van der Waals surface area contributed by atoms with Gasteiger partial charge >= 0.3 is 41.5 Å². The molecular formula is C26H41NaO7S. The van der Waals surface area contributed by atoms with Crippen molar-refractivity contribution in [2.24, 2.45) is 0 Å². The summed E-state index contributed by atoms with van der Waals surface area (Å²) in [6.45, 7) is 4.15. The first-order chi connectivity index (χ1) is 16.3. The molecule has 0 aliphatic carbocycles. The number of ether oxygens (including phenoxy) is 2. The number of carbonyl (C=O) groups is 2. The number of esters is 2. The molecule has 1 atom stereocenters. The van der Waals surface area contributed by atoms with Crippen LogP contribution in [0.2, 0.25) is 0 Å². The first kappa shape index (κ1) is 34.1. The van der Waals surface area contributed by atoms with Gasteiger partial charge in [0, 0.05) is 0 Å². The Hall–Kier alpha value is -0.930. The zero-order valence-corrected chi connectivity index (χ0v) is 24.6. The van der Waals surface area contributed by atoms with Crippen LogP contribution in [0.3, 0.4) is 0 Å². The van der Waals surface area contributed by atoms with E-state index in [4.69, 9.17) is 9.47 Å². The Morgan fingerprint density at radius 2 is 1.23 bits per heavy atom. The van der Waals surface area contributed by atoms with E-state index < -0.39 is 27.5 Å². The van der Waals surface area contributed by atoms with Crippen LogP contribution in [0.15, 0.2) is 24.3 Å². The van der Waals surface area contributed by atoms with Gasteiger partial charge in [-0.25, -0.2) is 18.0 Å². The molecule has 7 nitrogen and oxygen atoms in total. The first-order valence-electron chi connectivity index (χ1n) is 12.7. The van der Waals surface area contributed by atoms with Gasteiger partial charge < -0.3 is 14.0 Å². The van der Waals surface area contributed by atoms with E-state index in [2.05, 4.69) is 6.92 Å². The fraction of sp³-hybridized carbons (Fsp3) is 0.692. The normalized spacial score (nSPS) is 12.0. The van der Waals surface area contributed by atoms with E-state index >= 15 is 0 Å². The summed E-state index contributed by atoms with van der Waals surface area (Å²) in [4.78, 5) is 24.9. The Labute approximate surface area is 233 Å². The van der Waals surface area contributed by atoms with Crippen LogP contribution in [0, 0.1) is 0 Å². The van der Waals surface area contributed by atoms with Crippen molar-refractivity contribution >= 4 is 22.1 Å². The van der Waals surface area contributed by atoms with Crippen LogP contribution in [0.25, 0.3) is 0 Å². The molecule has 1 aromatic rings. The molecule has 9 heteroatoms. The smallest absolute Gasteiger partial charge is 0.745 e. The molecule has 0 fully saturated rings. The summed E-state index contributed by atoms with van der Waals surface area (Å²) in [7, 11) is -4.81. The summed E-state index contributed by atoms with van der Waals surface area (Å²) in [6.07, 6.45) is 14.7. The number of hydrogen-bond donors (Lipinski definition) is 0. The van der Waals surface area contributed by atoms with Crippen LogP contribution in [0.1, 0.15) is 124 Å². The zero-order valence-electron chi connectivity index (χ0n) is 21.8. The molecule has 0 aromatic heterocycles. The molecular weight excluding hydrogens is 479 g/mol. The topological polar surface area (TPSA) is 110 Å². The second kappa shape index (κ2) is 20.2. The van der Waals surface area contributed by atoms with Gasteiger partial charge in [0.05, 0.1) is 17.7 Å². The molecule has 0 aliphatic rings. The predicted octanol–water partition coefficient (Wildman–Crippen LogP) is 3.38. The molecule has 0 heterocycles. The molecule has 0 radical (unpaired) electrons. The SMILES string of the molecule is CCCCCCCCCCCCCCOC(=O)c1ccccc1C(=O)OC(CCC)S(=O)(=O)[O-].[Na+]. The Morgan fingerprint density at radius 1 is 0.771 bits per heavy atom. The summed E-state index contributed by atoms with van der Waals surface area (Å²) in [6, 6.07) is 5.87. The van der Waals surface area contributed by atoms with E-state index in [0.717, 1.165) is 19.3 Å². The van der Waals surface area contributed by atoms with Crippen molar-refractivity contribution in [3.05, 3.63) is 35.4 Å². The number of unbranched alkanes of at least 4 members (excludes halogenated alkanes) is 11.